The van der Waals surface area contributed by atoms with Crippen LogP contribution in [0.4, 0.5) is 0 Å². The van der Waals surface area contributed by atoms with Gasteiger partial charge in [0.15, 0.2) is 5.54 Å². The molecule has 0 N–H and O–H groups in total. The van der Waals surface area contributed by atoms with Gasteiger partial charge in [-0.25, -0.2) is 0 Å². The van der Waals surface area contributed by atoms with E-state index in [4.69, 9.17) is 4.84 Å². The van der Waals surface area contributed by atoms with Crippen LogP contribution in [0.5, 0.6) is 0 Å². The van der Waals surface area contributed by atoms with Crippen molar-refractivity contribution >= 4 is 5.91 Å². The van der Waals surface area contributed by atoms with Gasteiger partial charge in [-0.2, -0.15) is 5.06 Å². The van der Waals surface area contributed by atoms with E-state index in [1.54, 1.807) is 7.11 Å². The number of carbonyl (C=O) groups is 1. The summed E-state index contributed by atoms with van der Waals surface area (Å²) >= 11 is 0. The van der Waals surface area contributed by atoms with Crippen molar-refractivity contribution in [2.45, 2.75) is 44.6 Å². The van der Waals surface area contributed by atoms with Crippen molar-refractivity contribution in [2.75, 3.05) is 7.11 Å². The van der Waals surface area contributed by atoms with Crippen LogP contribution < -0.4 is 0 Å². The maximum absolute atomic E-state index is 12.8. The number of nitrogens with zero attached hydrogens (tertiary/aromatic N) is 1. The fourth-order valence-corrected chi connectivity index (χ4v) is 3.57. The molecule has 0 bridgehead atoms. The number of benzene rings is 2. The molecule has 3 nitrogen and oxygen atoms in total. The summed E-state index contributed by atoms with van der Waals surface area (Å²) < 4.78 is 0. The fourth-order valence-electron chi connectivity index (χ4n) is 3.57. The predicted octanol–water partition coefficient (Wildman–Crippen LogP) is 4.73. The first kappa shape index (κ1) is 18.2. The third kappa shape index (κ3) is 3.38. The van der Waals surface area contributed by atoms with Crippen molar-refractivity contribution in [1.29, 1.82) is 0 Å². The number of amides is 1. The zero-order valence-corrected chi connectivity index (χ0v) is 15.5. The molecule has 1 atom stereocenters. The van der Waals surface area contributed by atoms with Crippen molar-refractivity contribution in [3.8, 4) is 11.8 Å². The number of hydrogen-bond donors (Lipinski definition) is 0. The van der Waals surface area contributed by atoms with E-state index in [0.29, 0.717) is 5.56 Å². The number of unbranched alkanes of at least 4 members (excludes halogenated alkanes) is 1. The van der Waals surface area contributed by atoms with Gasteiger partial charge in [-0.3, -0.25) is 9.63 Å². The van der Waals surface area contributed by atoms with E-state index < -0.39 is 5.54 Å². The smallest absolute Gasteiger partial charge is 0.272 e. The average Bonchev–Trinajstić information content (AvgIpc) is 2.93. The fraction of sp³-hybridized carbons (Fsp3) is 0.348. The normalized spacial score (nSPS) is 18.4. The van der Waals surface area contributed by atoms with E-state index in [-0.39, 0.29) is 5.91 Å². The minimum Gasteiger partial charge on any atom is -0.272 e. The van der Waals surface area contributed by atoms with Crippen LogP contribution in [0, 0.1) is 11.8 Å². The van der Waals surface area contributed by atoms with E-state index in [0.717, 1.165) is 37.7 Å². The molecule has 0 aromatic heterocycles. The summed E-state index contributed by atoms with van der Waals surface area (Å²) in [5.74, 6) is 6.64. The maximum atomic E-state index is 12.8. The SMILES string of the molecule is CCCCC1(C#CCCc2ccccc2)c2ccccc2C(=O)N1OC. The second-order valence-corrected chi connectivity index (χ2v) is 6.58. The summed E-state index contributed by atoms with van der Waals surface area (Å²) in [4.78, 5) is 18.3. The number of rotatable bonds is 6. The molecule has 0 aliphatic carbocycles. The molecule has 134 valence electrons. The van der Waals surface area contributed by atoms with Crippen LogP contribution in [-0.4, -0.2) is 18.1 Å². The van der Waals surface area contributed by atoms with Gasteiger partial charge in [0, 0.05) is 17.5 Å². The number of hydrogen-bond acceptors (Lipinski definition) is 2. The molecule has 0 spiro atoms. The molecule has 3 rings (SSSR count). The van der Waals surface area contributed by atoms with Gasteiger partial charge in [-0.1, -0.05) is 67.8 Å². The van der Waals surface area contributed by atoms with Crippen LogP contribution in [-0.2, 0) is 16.8 Å². The van der Waals surface area contributed by atoms with Crippen LogP contribution in [0.15, 0.2) is 54.6 Å². The van der Waals surface area contributed by atoms with Gasteiger partial charge in [-0.15, -0.1) is 5.92 Å². The number of hydroxylamine groups is 2. The highest BCUT2D eigenvalue weighted by Crippen LogP contribution is 2.42. The van der Waals surface area contributed by atoms with Crippen LogP contribution in [0.25, 0.3) is 0 Å². The Bertz CT molecular complexity index is 819. The van der Waals surface area contributed by atoms with Gasteiger partial charge in [0.2, 0.25) is 0 Å². The molecule has 0 saturated carbocycles. The molecule has 1 amide bonds. The summed E-state index contributed by atoms with van der Waals surface area (Å²) in [6, 6.07) is 18.1. The second-order valence-electron chi connectivity index (χ2n) is 6.58. The Morgan fingerprint density at radius 2 is 1.81 bits per heavy atom. The van der Waals surface area contributed by atoms with Crippen molar-refractivity contribution < 1.29 is 9.63 Å². The first-order chi connectivity index (χ1) is 12.7. The molecule has 1 aliphatic rings. The van der Waals surface area contributed by atoms with Gasteiger partial charge >= 0.3 is 0 Å². The molecule has 1 heterocycles. The molecule has 1 unspecified atom stereocenters. The summed E-state index contributed by atoms with van der Waals surface area (Å²) in [5.41, 5.74) is 2.25. The highest BCUT2D eigenvalue weighted by atomic mass is 16.7. The first-order valence-corrected chi connectivity index (χ1v) is 9.25. The Labute approximate surface area is 155 Å². The Balaban J connectivity index is 1.91. The summed E-state index contributed by atoms with van der Waals surface area (Å²) in [7, 11) is 1.55. The van der Waals surface area contributed by atoms with Crippen LogP contribution >= 0.6 is 0 Å². The monoisotopic (exact) mass is 347 g/mol. The van der Waals surface area contributed by atoms with E-state index in [1.165, 1.54) is 10.6 Å². The zero-order chi connectivity index (χ0) is 18.4. The Morgan fingerprint density at radius 1 is 1.08 bits per heavy atom. The predicted molar refractivity (Wildman–Crippen MR) is 103 cm³/mol. The summed E-state index contributed by atoms with van der Waals surface area (Å²) in [6.45, 7) is 2.15. The van der Waals surface area contributed by atoms with Gasteiger partial charge in [-0.05, 0) is 30.9 Å². The third-order valence-electron chi connectivity index (χ3n) is 4.89. The lowest BCUT2D eigenvalue weighted by molar-refractivity contribution is -0.143. The van der Waals surface area contributed by atoms with Crippen molar-refractivity contribution in [1.82, 2.24) is 5.06 Å². The Kier molecular flexibility index (Phi) is 5.75. The molecule has 0 fully saturated rings. The molecule has 26 heavy (non-hydrogen) atoms. The first-order valence-electron chi connectivity index (χ1n) is 9.25. The molecule has 0 saturated heterocycles. The quantitative estimate of drug-likeness (QED) is 0.707. The van der Waals surface area contributed by atoms with Crippen molar-refractivity contribution in [2.24, 2.45) is 0 Å². The third-order valence-corrected chi connectivity index (χ3v) is 4.89. The standard InChI is InChI=1S/C23H25NO2/c1-3-4-17-23(18-11-10-14-19-12-6-5-7-13-19)21-16-9-8-15-20(21)22(25)24(23)26-2/h5-9,12-13,15-16H,3-4,10,14,17H2,1-2H3. The molecule has 1 aliphatic heterocycles. The molecule has 3 heteroatoms. The van der Waals surface area contributed by atoms with E-state index in [9.17, 15) is 4.79 Å². The van der Waals surface area contributed by atoms with Gasteiger partial charge < -0.3 is 0 Å². The molecule has 2 aromatic carbocycles. The van der Waals surface area contributed by atoms with Gasteiger partial charge in [0.05, 0.1) is 7.11 Å². The number of fused-ring (bicyclic) bond motifs is 1. The lowest BCUT2D eigenvalue weighted by atomic mass is 9.85. The van der Waals surface area contributed by atoms with E-state index in [1.807, 2.05) is 42.5 Å². The van der Waals surface area contributed by atoms with Crippen molar-refractivity contribution in [3.05, 3.63) is 71.3 Å². The summed E-state index contributed by atoms with van der Waals surface area (Å²) in [6.07, 6.45) is 4.46. The number of aryl methyl sites for hydroxylation is 1. The molecular weight excluding hydrogens is 322 g/mol. The second kappa shape index (κ2) is 8.21. The van der Waals surface area contributed by atoms with E-state index in [2.05, 4.69) is 30.9 Å². The van der Waals surface area contributed by atoms with E-state index >= 15 is 0 Å². The lowest BCUT2D eigenvalue weighted by Gasteiger charge is -2.32. The minimum atomic E-state index is -0.685. The summed E-state index contributed by atoms with van der Waals surface area (Å²) in [5, 5.41) is 1.48. The minimum absolute atomic E-state index is 0.100. The Morgan fingerprint density at radius 3 is 2.54 bits per heavy atom. The highest BCUT2D eigenvalue weighted by molar-refractivity contribution is 6.00. The maximum Gasteiger partial charge on any atom is 0.279 e. The zero-order valence-electron chi connectivity index (χ0n) is 15.5. The number of carbonyl (C=O) groups excluding carboxylic acids is 1. The molecule has 2 aromatic rings. The van der Waals surface area contributed by atoms with Crippen LogP contribution in [0.3, 0.4) is 0 Å². The van der Waals surface area contributed by atoms with Crippen LogP contribution in [0.1, 0.15) is 54.1 Å². The van der Waals surface area contributed by atoms with Gasteiger partial charge in [0.1, 0.15) is 0 Å². The molecule has 0 radical (unpaired) electrons. The van der Waals surface area contributed by atoms with Crippen LogP contribution in [0.2, 0.25) is 0 Å². The van der Waals surface area contributed by atoms with Crippen molar-refractivity contribution in [3.63, 3.8) is 0 Å². The Hall–Kier alpha value is -2.57. The average molecular weight is 347 g/mol. The molecular formula is C23H25NO2. The lowest BCUT2D eigenvalue weighted by Crippen LogP contribution is -2.42. The topological polar surface area (TPSA) is 29.5 Å². The van der Waals surface area contributed by atoms with Gasteiger partial charge in [0.25, 0.3) is 5.91 Å². The highest BCUT2D eigenvalue weighted by Gasteiger charge is 2.49. The largest absolute Gasteiger partial charge is 0.279 e.